The summed E-state index contributed by atoms with van der Waals surface area (Å²) < 4.78 is 2.31. The Morgan fingerprint density at radius 3 is 2.00 bits per heavy atom. The van der Waals surface area contributed by atoms with Gasteiger partial charge in [-0.05, 0) is 76.6 Å². The minimum Gasteiger partial charge on any atom is -0.278 e. The second-order valence-electron chi connectivity index (χ2n) is 12.9. The Balaban J connectivity index is 1.32. The van der Waals surface area contributed by atoms with Gasteiger partial charge in [-0.3, -0.25) is 4.57 Å². The summed E-state index contributed by atoms with van der Waals surface area (Å²) in [5.41, 5.74) is 13.5. The van der Waals surface area contributed by atoms with Gasteiger partial charge in [0.05, 0.1) is 22.2 Å². The number of hydrogen-bond acceptors (Lipinski definition) is 2. The van der Waals surface area contributed by atoms with Crippen LogP contribution in [0, 0.1) is 0 Å². The third kappa shape index (κ3) is 3.60. The van der Waals surface area contributed by atoms with Crippen molar-refractivity contribution in [1.82, 2.24) is 14.5 Å². The Morgan fingerprint density at radius 2 is 1.17 bits per heavy atom. The average molecular weight is 590 g/mol. The van der Waals surface area contributed by atoms with Gasteiger partial charge >= 0.3 is 0 Å². The molecule has 0 saturated heterocycles. The molecule has 2 heterocycles. The molecular weight excluding hydrogens is 558 g/mol. The zero-order valence-corrected chi connectivity index (χ0v) is 25.4. The predicted molar refractivity (Wildman–Crippen MR) is 189 cm³/mol. The zero-order valence-electron chi connectivity index (χ0n) is 25.4. The molecule has 2 aliphatic carbocycles. The summed E-state index contributed by atoms with van der Waals surface area (Å²) in [6, 6.07) is 50.6. The van der Waals surface area contributed by atoms with Crippen molar-refractivity contribution in [3.8, 4) is 39.5 Å². The van der Waals surface area contributed by atoms with Crippen LogP contribution in [0.2, 0.25) is 0 Å². The number of benzene rings is 6. The van der Waals surface area contributed by atoms with Crippen molar-refractivity contribution in [3.63, 3.8) is 0 Å². The van der Waals surface area contributed by atoms with E-state index in [1.54, 1.807) is 0 Å². The highest BCUT2D eigenvalue weighted by atomic mass is 15.2. The fourth-order valence-corrected chi connectivity index (χ4v) is 8.49. The fourth-order valence-electron chi connectivity index (χ4n) is 8.49. The lowest BCUT2D eigenvalue weighted by Crippen LogP contribution is -2.20. The van der Waals surface area contributed by atoms with Crippen LogP contribution in [0.25, 0.3) is 72.2 Å². The first kappa shape index (κ1) is 25.8. The van der Waals surface area contributed by atoms with E-state index >= 15 is 0 Å². The zero-order chi connectivity index (χ0) is 30.2. The third-order valence-corrected chi connectivity index (χ3v) is 10.6. The van der Waals surface area contributed by atoms with E-state index in [2.05, 4.69) is 144 Å². The first-order valence-corrected chi connectivity index (χ1v) is 16.4. The van der Waals surface area contributed by atoms with Gasteiger partial charge in [-0.15, -0.1) is 0 Å². The number of rotatable bonds is 3. The molecule has 3 heteroatoms. The SMILES string of the molecule is c1ccc(-c2ccc3c(c2)c2cc4c(cc2n3-c2nc(-c3ccccc3)c3ccccc3n2)-c2ccccc2C42CCCC2)cc1. The standard InChI is InChI=1S/C43H31N3/c1-3-13-28(14-4-1)30-21-22-39-34(25-30)35-26-37-33(31-17-7-9-19-36(31)43(37)23-11-12-24-43)27-40(35)46(39)42-44-38-20-10-8-18-32(38)41(45-42)29-15-5-2-6-16-29/h1-10,13-22,25-27H,11-12,23-24H2. The van der Waals surface area contributed by atoms with Crippen molar-refractivity contribution in [2.45, 2.75) is 31.1 Å². The Hall–Kier alpha value is -5.54. The molecule has 0 radical (unpaired) electrons. The molecule has 10 rings (SSSR count). The summed E-state index contributed by atoms with van der Waals surface area (Å²) in [4.78, 5) is 10.6. The van der Waals surface area contributed by atoms with E-state index < -0.39 is 0 Å². The molecule has 0 unspecified atom stereocenters. The maximum Gasteiger partial charge on any atom is 0.235 e. The van der Waals surface area contributed by atoms with E-state index in [1.165, 1.54) is 69.8 Å². The summed E-state index contributed by atoms with van der Waals surface area (Å²) in [6.07, 6.45) is 4.98. The molecule has 0 aliphatic heterocycles. The third-order valence-electron chi connectivity index (χ3n) is 10.6. The number of fused-ring (bicyclic) bond motifs is 9. The Morgan fingerprint density at radius 1 is 0.478 bits per heavy atom. The molecule has 46 heavy (non-hydrogen) atoms. The minimum atomic E-state index is 0.103. The molecule has 6 aromatic carbocycles. The van der Waals surface area contributed by atoms with Crippen molar-refractivity contribution in [3.05, 3.63) is 151 Å². The molecule has 0 N–H and O–H groups in total. The lowest BCUT2D eigenvalue weighted by molar-refractivity contribution is 0.550. The molecule has 1 spiro atoms. The highest BCUT2D eigenvalue weighted by Gasteiger charge is 2.45. The molecular formula is C43H31N3. The predicted octanol–water partition coefficient (Wildman–Crippen LogP) is 10.9. The van der Waals surface area contributed by atoms with E-state index in [1.807, 2.05) is 0 Å². The average Bonchev–Trinajstić information content (AvgIpc) is 3.81. The van der Waals surface area contributed by atoms with Crippen LogP contribution in [0.4, 0.5) is 0 Å². The van der Waals surface area contributed by atoms with Crippen molar-refractivity contribution in [2.24, 2.45) is 0 Å². The van der Waals surface area contributed by atoms with E-state index in [9.17, 15) is 0 Å². The van der Waals surface area contributed by atoms with Gasteiger partial charge in [0.25, 0.3) is 0 Å². The molecule has 0 bridgehead atoms. The van der Waals surface area contributed by atoms with Crippen molar-refractivity contribution >= 4 is 32.7 Å². The summed E-state index contributed by atoms with van der Waals surface area (Å²) in [5.74, 6) is 0.701. The second kappa shape index (κ2) is 9.73. The van der Waals surface area contributed by atoms with Crippen molar-refractivity contribution < 1.29 is 0 Å². The van der Waals surface area contributed by atoms with Crippen LogP contribution >= 0.6 is 0 Å². The van der Waals surface area contributed by atoms with E-state index in [0.29, 0.717) is 5.95 Å². The van der Waals surface area contributed by atoms with Gasteiger partial charge in [0.2, 0.25) is 5.95 Å². The van der Waals surface area contributed by atoms with Gasteiger partial charge in [0, 0.05) is 27.1 Å². The lowest BCUT2D eigenvalue weighted by atomic mass is 9.76. The van der Waals surface area contributed by atoms with Gasteiger partial charge in [0.15, 0.2) is 0 Å². The summed E-state index contributed by atoms with van der Waals surface area (Å²) in [6.45, 7) is 0. The molecule has 1 saturated carbocycles. The largest absolute Gasteiger partial charge is 0.278 e. The molecule has 1 fully saturated rings. The maximum absolute atomic E-state index is 5.36. The smallest absolute Gasteiger partial charge is 0.235 e. The first-order valence-electron chi connectivity index (χ1n) is 16.4. The quantitative estimate of drug-likeness (QED) is 0.205. The van der Waals surface area contributed by atoms with Gasteiger partial charge in [-0.1, -0.05) is 122 Å². The van der Waals surface area contributed by atoms with Crippen LogP contribution in [0.15, 0.2) is 140 Å². The molecule has 0 atom stereocenters. The van der Waals surface area contributed by atoms with E-state index in [-0.39, 0.29) is 5.41 Å². The molecule has 3 nitrogen and oxygen atoms in total. The van der Waals surface area contributed by atoms with Crippen LogP contribution in [0.5, 0.6) is 0 Å². The van der Waals surface area contributed by atoms with E-state index in [4.69, 9.17) is 9.97 Å². The summed E-state index contributed by atoms with van der Waals surface area (Å²) >= 11 is 0. The normalized spacial score (nSPS) is 14.8. The topological polar surface area (TPSA) is 30.7 Å². The Labute approximate surface area is 267 Å². The minimum absolute atomic E-state index is 0.103. The van der Waals surface area contributed by atoms with Crippen LogP contribution < -0.4 is 0 Å². The summed E-state index contributed by atoms with van der Waals surface area (Å²) in [7, 11) is 0. The second-order valence-corrected chi connectivity index (χ2v) is 12.9. The number of hydrogen-bond donors (Lipinski definition) is 0. The number of nitrogens with zero attached hydrogens (tertiary/aromatic N) is 3. The van der Waals surface area contributed by atoms with Gasteiger partial charge in [-0.25, -0.2) is 9.97 Å². The van der Waals surface area contributed by atoms with Crippen molar-refractivity contribution in [2.75, 3.05) is 0 Å². The lowest BCUT2D eigenvalue weighted by Gasteiger charge is -2.26. The summed E-state index contributed by atoms with van der Waals surface area (Å²) in [5, 5.41) is 3.56. The highest BCUT2D eigenvalue weighted by Crippen LogP contribution is 2.58. The van der Waals surface area contributed by atoms with Gasteiger partial charge < -0.3 is 0 Å². The Kier molecular flexibility index (Phi) is 5.45. The molecule has 2 aromatic heterocycles. The monoisotopic (exact) mass is 589 g/mol. The van der Waals surface area contributed by atoms with E-state index in [0.717, 1.165) is 33.2 Å². The maximum atomic E-state index is 5.36. The van der Waals surface area contributed by atoms with Gasteiger partial charge in [-0.2, -0.15) is 0 Å². The van der Waals surface area contributed by atoms with Gasteiger partial charge in [0.1, 0.15) is 0 Å². The highest BCUT2D eigenvalue weighted by molar-refractivity contribution is 6.12. The van der Waals surface area contributed by atoms with Crippen LogP contribution in [0.1, 0.15) is 36.8 Å². The molecule has 8 aromatic rings. The van der Waals surface area contributed by atoms with Crippen molar-refractivity contribution in [1.29, 1.82) is 0 Å². The molecule has 0 amide bonds. The molecule has 218 valence electrons. The van der Waals surface area contributed by atoms with Crippen LogP contribution in [0.3, 0.4) is 0 Å². The number of para-hydroxylation sites is 1. The Bertz CT molecular complexity index is 2470. The number of aromatic nitrogens is 3. The first-order chi connectivity index (χ1) is 22.8. The molecule has 2 aliphatic rings. The van der Waals surface area contributed by atoms with Crippen LogP contribution in [-0.2, 0) is 5.41 Å². The van der Waals surface area contributed by atoms with Crippen LogP contribution in [-0.4, -0.2) is 14.5 Å². The fraction of sp³-hybridized carbons (Fsp3) is 0.116.